The predicted octanol–water partition coefficient (Wildman–Crippen LogP) is 4.79. The first-order valence-electron chi connectivity index (χ1n) is 16.0. The number of hydrogen-bond acceptors (Lipinski definition) is 5. The quantitative estimate of drug-likeness (QED) is 0.299. The predicted molar refractivity (Wildman–Crippen MR) is 177 cm³/mol. The van der Waals surface area contributed by atoms with E-state index in [0.717, 1.165) is 36.8 Å². The molecule has 3 unspecified atom stereocenters. The number of carbonyl (C=O) groups is 3. The van der Waals surface area contributed by atoms with E-state index in [-0.39, 0.29) is 23.4 Å². The van der Waals surface area contributed by atoms with Crippen LogP contribution in [-0.2, 0) is 20.8 Å². The maximum Gasteiger partial charge on any atom is 0.245 e. The minimum Gasteiger partial charge on any atom is -0.348 e. The van der Waals surface area contributed by atoms with Crippen molar-refractivity contribution < 1.29 is 14.4 Å². The molecule has 3 amide bonds. The van der Waals surface area contributed by atoms with Gasteiger partial charge in [-0.15, -0.1) is 0 Å². The Labute approximate surface area is 271 Å². The molecule has 9 heteroatoms. The summed E-state index contributed by atoms with van der Waals surface area (Å²) in [4.78, 5) is 44.2. The highest BCUT2D eigenvalue weighted by Gasteiger charge is 2.47. The van der Waals surface area contributed by atoms with E-state index in [9.17, 15) is 14.4 Å². The van der Waals surface area contributed by atoms with E-state index in [2.05, 4.69) is 27.7 Å². The van der Waals surface area contributed by atoms with Crippen molar-refractivity contribution in [2.75, 3.05) is 26.2 Å². The highest BCUT2D eigenvalue weighted by Crippen LogP contribution is 2.43. The molecule has 0 aromatic heterocycles. The molecule has 1 aliphatic heterocycles. The molecule has 45 heavy (non-hydrogen) atoms. The van der Waals surface area contributed by atoms with Crippen LogP contribution in [0, 0.1) is 0 Å². The second kappa shape index (κ2) is 15.0. The Hall–Kier alpha value is -3.72. The fraction of sp³-hybridized carbons (Fsp3) is 0.417. The normalized spacial score (nSPS) is 18.8. The van der Waals surface area contributed by atoms with E-state index in [1.165, 1.54) is 6.42 Å². The number of rotatable bonds is 10. The summed E-state index contributed by atoms with van der Waals surface area (Å²) in [7, 11) is 0. The van der Waals surface area contributed by atoms with Crippen LogP contribution in [0.4, 0.5) is 0 Å². The molecule has 2 aliphatic rings. The molecule has 0 spiro atoms. The van der Waals surface area contributed by atoms with Crippen molar-refractivity contribution in [2.45, 2.75) is 69.1 Å². The van der Waals surface area contributed by atoms with Crippen molar-refractivity contribution in [3.8, 4) is 0 Å². The van der Waals surface area contributed by atoms with Gasteiger partial charge in [0, 0.05) is 50.1 Å². The first kappa shape index (κ1) is 32.7. The van der Waals surface area contributed by atoms with Crippen LogP contribution < -0.4 is 16.4 Å². The van der Waals surface area contributed by atoms with Crippen LogP contribution in [0.1, 0.15) is 67.8 Å². The summed E-state index contributed by atoms with van der Waals surface area (Å²) in [5.74, 6) is -0.566. The zero-order chi connectivity index (χ0) is 31.8. The lowest BCUT2D eigenvalue weighted by molar-refractivity contribution is -0.139. The van der Waals surface area contributed by atoms with E-state index >= 15 is 0 Å². The van der Waals surface area contributed by atoms with E-state index in [0.29, 0.717) is 43.2 Å². The van der Waals surface area contributed by atoms with E-state index in [4.69, 9.17) is 17.3 Å². The van der Waals surface area contributed by atoms with Gasteiger partial charge in [-0.1, -0.05) is 104 Å². The molecule has 5 rings (SSSR count). The van der Waals surface area contributed by atoms with Gasteiger partial charge >= 0.3 is 0 Å². The van der Waals surface area contributed by atoms with Crippen molar-refractivity contribution in [3.63, 3.8) is 0 Å². The first-order valence-corrected chi connectivity index (χ1v) is 16.4. The van der Waals surface area contributed by atoms with E-state index in [1.54, 1.807) is 19.1 Å². The lowest BCUT2D eigenvalue weighted by Crippen LogP contribution is -2.64. The van der Waals surface area contributed by atoms with Crippen molar-refractivity contribution >= 4 is 29.3 Å². The number of benzene rings is 3. The van der Waals surface area contributed by atoms with Crippen molar-refractivity contribution in [1.82, 2.24) is 20.4 Å². The number of piperazine rings is 1. The largest absolute Gasteiger partial charge is 0.348 e. The Balaban J connectivity index is 1.34. The summed E-state index contributed by atoms with van der Waals surface area (Å²) in [6, 6.07) is 24.9. The van der Waals surface area contributed by atoms with Crippen LogP contribution in [0.3, 0.4) is 0 Å². The van der Waals surface area contributed by atoms with Crippen molar-refractivity contribution in [3.05, 3.63) is 107 Å². The standard InChI is InChI=1S/C36H44ClN5O3/c1-26(43)39-33(29-13-7-3-8-14-29)36(19-9-4-10-20-36)42-23-21-41(22-24-42)35(45)31(25-27-15-17-30(37)18-16-27)40-34(44)32(38)28-11-5-2-6-12-28/h2-3,5-8,11-18,31-33H,4,9-10,19-25,38H2,1H3,(H,39,43)(H,40,44). The van der Waals surface area contributed by atoms with Gasteiger partial charge in [0.15, 0.2) is 0 Å². The van der Waals surface area contributed by atoms with Gasteiger partial charge in [-0.3, -0.25) is 19.3 Å². The van der Waals surface area contributed by atoms with E-state index in [1.807, 2.05) is 65.6 Å². The minimum atomic E-state index is -0.890. The second-order valence-corrected chi connectivity index (χ2v) is 12.7. The molecule has 2 fully saturated rings. The number of nitrogens with one attached hydrogen (secondary N) is 2. The first-order chi connectivity index (χ1) is 21.8. The van der Waals surface area contributed by atoms with Gasteiger partial charge < -0.3 is 21.3 Å². The lowest BCUT2D eigenvalue weighted by atomic mass is 9.72. The number of nitrogens with two attached hydrogens (primary N) is 1. The third kappa shape index (κ3) is 7.93. The fourth-order valence-electron chi connectivity index (χ4n) is 7.05. The average molecular weight is 630 g/mol. The van der Waals surface area contributed by atoms with Gasteiger partial charge in [-0.05, 0) is 41.7 Å². The number of halogens is 1. The topological polar surface area (TPSA) is 108 Å². The Bertz CT molecular complexity index is 1420. The molecule has 1 heterocycles. The van der Waals surface area contributed by atoms with Crippen LogP contribution in [-0.4, -0.2) is 65.3 Å². The van der Waals surface area contributed by atoms with Gasteiger partial charge in [0.05, 0.1) is 6.04 Å². The molecule has 1 aliphatic carbocycles. The molecule has 3 aromatic carbocycles. The van der Waals surface area contributed by atoms with Crippen LogP contribution in [0.5, 0.6) is 0 Å². The highest BCUT2D eigenvalue weighted by atomic mass is 35.5. The molecule has 3 aromatic rings. The van der Waals surface area contributed by atoms with Gasteiger partial charge in [0.2, 0.25) is 17.7 Å². The summed E-state index contributed by atoms with van der Waals surface area (Å²) in [6.45, 7) is 4.00. The van der Waals surface area contributed by atoms with Gasteiger partial charge in [-0.2, -0.15) is 0 Å². The summed E-state index contributed by atoms with van der Waals surface area (Å²) >= 11 is 6.11. The second-order valence-electron chi connectivity index (χ2n) is 12.3. The lowest BCUT2D eigenvalue weighted by Gasteiger charge is -2.54. The molecular weight excluding hydrogens is 586 g/mol. The maximum absolute atomic E-state index is 14.1. The number of carbonyl (C=O) groups excluding carboxylic acids is 3. The molecule has 238 valence electrons. The maximum atomic E-state index is 14.1. The van der Waals surface area contributed by atoms with Crippen molar-refractivity contribution in [1.29, 1.82) is 0 Å². The summed E-state index contributed by atoms with van der Waals surface area (Å²) in [5, 5.41) is 6.88. The Morgan fingerprint density at radius 2 is 1.38 bits per heavy atom. The van der Waals surface area contributed by atoms with Gasteiger partial charge in [0.1, 0.15) is 12.1 Å². The number of nitrogens with zero attached hydrogens (tertiary/aromatic N) is 2. The Morgan fingerprint density at radius 3 is 1.96 bits per heavy atom. The van der Waals surface area contributed by atoms with Crippen LogP contribution in [0.15, 0.2) is 84.9 Å². The van der Waals surface area contributed by atoms with Crippen molar-refractivity contribution in [2.24, 2.45) is 5.73 Å². The molecule has 8 nitrogen and oxygen atoms in total. The fourth-order valence-corrected chi connectivity index (χ4v) is 7.18. The third-order valence-electron chi connectivity index (χ3n) is 9.37. The zero-order valence-electron chi connectivity index (χ0n) is 26.0. The summed E-state index contributed by atoms with van der Waals surface area (Å²) in [6.07, 6.45) is 5.66. The summed E-state index contributed by atoms with van der Waals surface area (Å²) < 4.78 is 0. The Morgan fingerprint density at radius 1 is 0.800 bits per heavy atom. The minimum absolute atomic E-state index is 0.0443. The monoisotopic (exact) mass is 629 g/mol. The van der Waals surface area contributed by atoms with Gasteiger partial charge in [0.25, 0.3) is 0 Å². The Kier molecular flexibility index (Phi) is 10.9. The number of amides is 3. The molecule has 1 saturated heterocycles. The molecule has 0 bridgehead atoms. The molecule has 0 radical (unpaired) electrons. The molecule has 3 atom stereocenters. The van der Waals surface area contributed by atoms with Crippen LogP contribution in [0.2, 0.25) is 5.02 Å². The van der Waals surface area contributed by atoms with Gasteiger partial charge in [-0.25, -0.2) is 0 Å². The van der Waals surface area contributed by atoms with E-state index < -0.39 is 18.0 Å². The smallest absolute Gasteiger partial charge is 0.245 e. The van der Waals surface area contributed by atoms with Crippen LogP contribution in [0.25, 0.3) is 0 Å². The number of hydrogen-bond donors (Lipinski definition) is 3. The zero-order valence-corrected chi connectivity index (χ0v) is 26.7. The summed E-state index contributed by atoms with van der Waals surface area (Å²) in [5.41, 5.74) is 8.76. The highest BCUT2D eigenvalue weighted by molar-refractivity contribution is 6.30. The average Bonchev–Trinajstić information content (AvgIpc) is 3.08. The molecule has 4 N–H and O–H groups in total. The third-order valence-corrected chi connectivity index (χ3v) is 9.62. The van der Waals surface area contributed by atoms with Crippen LogP contribution >= 0.6 is 11.6 Å². The molecule has 1 saturated carbocycles. The molecular formula is C36H44ClN5O3. The SMILES string of the molecule is CC(=O)NC(c1ccccc1)C1(N2CCN(C(=O)C(Cc3ccc(Cl)cc3)NC(=O)C(N)c3ccccc3)CC2)CCCCC1.